The summed E-state index contributed by atoms with van der Waals surface area (Å²) in [6, 6.07) is 6.79. The van der Waals surface area contributed by atoms with Crippen molar-refractivity contribution in [1.82, 2.24) is 0 Å². The maximum Gasteiger partial charge on any atom is 0.421 e. The van der Waals surface area contributed by atoms with E-state index in [1.807, 2.05) is 0 Å². The number of ether oxygens (including phenoxy) is 1. The molecule has 0 fully saturated rings. The number of aliphatic hydroxyl groups excluding tert-OH is 1. The lowest BCUT2D eigenvalue weighted by molar-refractivity contribution is 0.182. The average molecular weight is 237 g/mol. The number of carbonyl (C=O) groups excluding carboxylic acids is 1. The fourth-order valence-corrected chi connectivity index (χ4v) is 1.37. The second-order valence-electron chi connectivity index (χ2n) is 3.33. The van der Waals surface area contributed by atoms with Crippen molar-refractivity contribution in [3.05, 3.63) is 29.8 Å². The second kappa shape index (κ2) is 5.86. The predicted molar refractivity (Wildman–Crippen MR) is 64.0 cm³/mol. The first-order chi connectivity index (χ1) is 8.10. The number of carbonyl (C=O) groups is 1. The summed E-state index contributed by atoms with van der Waals surface area (Å²) in [6.07, 6.45) is -0.175. The normalized spacial score (nSPS) is 9.76. The summed E-state index contributed by atoms with van der Waals surface area (Å²) in [5, 5.41) is 16.1. The molecule has 0 atom stereocenters. The quantitative estimate of drug-likeness (QED) is 0.532. The standard InChI is InChI=1S/C11H15N3O3/c1-17-11(16)14(10(12)13)9-4-2-8(3-5-9)6-7-15/h2-5,15H,6-7H2,1H3,(H3,12,13). The first kappa shape index (κ1) is 13.0. The number of nitrogens with one attached hydrogen (secondary N) is 1. The van der Waals surface area contributed by atoms with Gasteiger partial charge >= 0.3 is 6.09 Å². The van der Waals surface area contributed by atoms with E-state index in [4.69, 9.17) is 16.2 Å². The third-order valence-electron chi connectivity index (χ3n) is 2.19. The van der Waals surface area contributed by atoms with E-state index in [0.29, 0.717) is 12.1 Å². The molecule has 0 aliphatic rings. The van der Waals surface area contributed by atoms with Crippen molar-refractivity contribution in [2.24, 2.45) is 5.73 Å². The summed E-state index contributed by atoms with van der Waals surface area (Å²) in [6.45, 7) is 0.0623. The van der Waals surface area contributed by atoms with Gasteiger partial charge in [0.15, 0.2) is 0 Å². The van der Waals surface area contributed by atoms with Gasteiger partial charge in [0.1, 0.15) is 0 Å². The maximum atomic E-state index is 11.4. The van der Waals surface area contributed by atoms with Gasteiger partial charge in [-0.2, -0.15) is 0 Å². The fourth-order valence-electron chi connectivity index (χ4n) is 1.37. The first-order valence-corrected chi connectivity index (χ1v) is 5.02. The molecule has 0 aromatic heterocycles. The number of guanidine groups is 1. The van der Waals surface area contributed by atoms with Crippen molar-refractivity contribution in [2.45, 2.75) is 6.42 Å². The van der Waals surface area contributed by atoms with E-state index in [-0.39, 0.29) is 6.61 Å². The molecule has 0 aliphatic carbocycles. The number of nitrogens with zero attached hydrogens (tertiary/aromatic N) is 1. The Morgan fingerprint density at radius 1 is 1.47 bits per heavy atom. The van der Waals surface area contributed by atoms with Gasteiger partial charge in [-0.3, -0.25) is 5.41 Å². The molecule has 0 saturated heterocycles. The van der Waals surface area contributed by atoms with Crippen LogP contribution in [0.25, 0.3) is 0 Å². The molecule has 0 radical (unpaired) electrons. The van der Waals surface area contributed by atoms with Crippen molar-refractivity contribution < 1.29 is 14.6 Å². The number of hydrogen-bond donors (Lipinski definition) is 3. The van der Waals surface area contributed by atoms with Crippen LogP contribution in [0.3, 0.4) is 0 Å². The van der Waals surface area contributed by atoms with Crippen LogP contribution in [0.5, 0.6) is 0 Å². The molecule has 0 heterocycles. The molecule has 1 amide bonds. The highest BCUT2D eigenvalue weighted by atomic mass is 16.5. The van der Waals surface area contributed by atoms with Crippen LogP contribution in [0, 0.1) is 5.41 Å². The Kier molecular flexibility index (Phi) is 4.47. The molecular formula is C11H15N3O3. The van der Waals surface area contributed by atoms with Crippen molar-refractivity contribution in [2.75, 3.05) is 18.6 Å². The topological polar surface area (TPSA) is 99.6 Å². The molecule has 4 N–H and O–H groups in total. The van der Waals surface area contributed by atoms with E-state index in [2.05, 4.69) is 4.74 Å². The highest BCUT2D eigenvalue weighted by molar-refractivity contribution is 6.11. The Hall–Kier alpha value is -2.08. The third-order valence-corrected chi connectivity index (χ3v) is 2.19. The molecule has 1 aromatic carbocycles. The predicted octanol–water partition coefficient (Wildman–Crippen LogP) is 0.688. The summed E-state index contributed by atoms with van der Waals surface area (Å²) in [5.74, 6) is -0.410. The third kappa shape index (κ3) is 3.18. The van der Waals surface area contributed by atoms with Crippen LogP contribution in [0.2, 0.25) is 0 Å². The summed E-state index contributed by atoms with van der Waals surface area (Å²) < 4.78 is 4.53. The molecule has 0 saturated carbocycles. The van der Waals surface area contributed by atoms with Gasteiger partial charge < -0.3 is 15.6 Å². The number of aliphatic hydroxyl groups is 1. The highest BCUT2D eigenvalue weighted by Crippen LogP contribution is 2.16. The Morgan fingerprint density at radius 2 is 2.06 bits per heavy atom. The van der Waals surface area contributed by atoms with E-state index in [1.165, 1.54) is 7.11 Å². The zero-order valence-electron chi connectivity index (χ0n) is 9.51. The van der Waals surface area contributed by atoms with E-state index in [1.54, 1.807) is 24.3 Å². The zero-order valence-corrected chi connectivity index (χ0v) is 9.51. The van der Waals surface area contributed by atoms with Crippen LogP contribution in [-0.4, -0.2) is 30.9 Å². The number of methoxy groups -OCH3 is 1. The first-order valence-electron chi connectivity index (χ1n) is 5.02. The van der Waals surface area contributed by atoms with Crippen LogP contribution < -0.4 is 10.6 Å². The number of amides is 1. The monoisotopic (exact) mass is 237 g/mol. The smallest absolute Gasteiger partial charge is 0.421 e. The summed E-state index contributed by atoms with van der Waals surface area (Å²) in [5.41, 5.74) is 6.70. The Balaban J connectivity index is 2.95. The molecule has 17 heavy (non-hydrogen) atoms. The molecule has 0 bridgehead atoms. The van der Waals surface area contributed by atoms with Crippen LogP contribution in [0.1, 0.15) is 5.56 Å². The van der Waals surface area contributed by atoms with Crippen molar-refractivity contribution >= 4 is 17.7 Å². The molecule has 6 heteroatoms. The van der Waals surface area contributed by atoms with Gasteiger partial charge in [-0.25, -0.2) is 9.69 Å². The summed E-state index contributed by atoms with van der Waals surface area (Å²) in [7, 11) is 1.22. The van der Waals surface area contributed by atoms with E-state index < -0.39 is 12.1 Å². The van der Waals surface area contributed by atoms with Gasteiger partial charge in [0.05, 0.1) is 12.8 Å². The van der Waals surface area contributed by atoms with E-state index >= 15 is 0 Å². The second-order valence-corrected chi connectivity index (χ2v) is 3.33. The van der Waals surface area contributed by atoms with Crippen LogP contribution in [0.4, 0.5) is 10.5 Å². The number of nitrogens with two attached hydrogens (primary N) is 1. The van der Waals surface area contributed by atoms with Crippen LogP contribution in [0.15, 0.2) is 24.3 Å². The van der Waals surface area contributed by atoms with Crippen molar-refractivity contribution in [3.63, 3.8) is 0 Å². The van der Waals surface area contributed by atoms with Gasteiger partial charge in [-0.1, -0.05) is 12.1 Å². The Labute approximate surface area is 99.1 Å². The SMILES string of the molecule is COC(=O)N(C(=N)N)c1ccc(CCO)cc1. The highest BCUT2D eigenvalue weighted by Gasteiger charge is 2.18. The molecule has 92 valence electrons. The van der Waals surface area contributed by atoms with Gasteiger partial charge in [0.2, 0.25) is 5.96 Å². The fraction of sp³-hybridized carbons (Fsp3) is 0.273. The molecule has 0 unspecified atom stereocenters. The van der Waals surface area contributed by atoms with E-state index in [9.17, 15) is 4.79 Å². The number of rotatable bonds is 3. The minimum absolute atomic E-state index is 0.0623. The lowest BCUT2D eigenvalue weighted by Gasteiger charge is -2.19. The Morgan fingerprint density at radius 3 is 2.47 bits per heavy atom. The van der Waals surface area contributed by atoms with Gasteiger partial charge in [-0.05, 0) is 24.1 Å². The number of benzene rings is 1. The molecule has 0 spiro atoms. The minimum atomic E-state index is -0.715. The lowest BCUT2D eigenvalue weighted by Crippen LogP contribution is -2.41. The van der Waals surface area contributed by atoms with Crippen LogP contribution in [-0.2, 0) is 11.2 Å². The summed E-state index contributed by atoms with van der Waals surface area (Å²) in [4.78, 5) is 12.4. The van der Waals surface area contributed by atoms with Crippen molar-refractivity contribution in [1.29, 1.82) is 5.41 Å². The Bertz CT molecular complexity index is 403. The van der Waals surface area contributed by atoms with Gasteiger partial charge in [0, 0.05) is 6.61 Å². The maximum absolute atomic E-state index is 11.4. The number of anilines is 1. The molecule has 0 aliphatic heterocycles. The largest absolute Gasteiger partial charge is 0.452 e. The summed E-state index contributed by atoms with van der Waals surface area (Å²) >= 11 is 0. The molecule has 6 nitrogen and oxygen atoms in total. The van der Waals surface area contributed by atoms with Crippen LogP contribution >= 0.6 is 0 Å². The number of hydrogen-bond acceptors (Lipinski definition) is 4. The van der Waals surface area contributed by atoms with E-state index in [0.717, 1.165) is 10.5 Å². The van der Waals surface area contributed by atoms with Gasteiger partial charge in [0.25, 0.3) is 0 Å². The average Bonchev–Trinajstić information content (AvgIpc) is 2.31. The van der Waals surface area contributed by atoms with Gasteiger partial charge in [-0.15, -0.1) is 0 Å². The lowest BCUT2D eigenvalue weighted by atomic mass is 10.1. The minimum Gasteiger partial charge on any atom is -0.452 e. The molecule has 1 rings (SSSR count). The zero-order chi connectivity index (χ0) is 12.8. The molecule has 1 aromatic rings. The molecular weight excluding hydrogens is 222 g/mol. The van der Waals surface area contributed by atoms with Crippen molar-refractivity contribution in [3.8, 4) is 0 Å².